The van der Waals surface area contributed by atoms with Gasteiger partial charge in [0.25, 0.3) is 5.56 Å². The molecular weight excluding hydrogens is 367 g/mol. The van der Waals surface area contributed by atoms with Gasteiger partial charge in [0.1, 0.15) is 5.82 Å². The Morgan fingerprint density at radius 2 is 1.74 bits per heavy atom. The maximum Gasteiger partial charge on any atom is 0.252 e. The smallest absolute Gasteiger partial charge is 0.252 e. The highest BCUT2D eigenvalue weighted by Gasteiger charge is 2.26. The van der Waals surface area contributed by atoms with Crippen LogP contribution in [-0.2, 0) is 16.6 Å². The van der Waals surface area contributed by atoms with Crippen molar-refractivity contribution in [2.24, 2.45) is 5.92 Å². The van der Waals surface area contributed by atoms with E-state index in [4.69, 9.17) is 0 Å². The van der Waals surface area contributed by atoms with Gasteiger partial charge in [-0.05, 0) is 47.7 Å². The normalized spacial score (nSPS) is 12.2. The van der Waals surface area contributed by atoms with E-state index in [1.54, 1.807) is 12.1 Å². The van der Waals surface area contributed by atoms with E-state index in [-0.39, 0.29) is 29.5 Å². The quantitative estimate of drug-likeness (QED) is 0.702. The molecule has 5 nitrogen and oxygen atoms in total. The topological polar surface area (TPSA) is 70.2 Å². The summed E-state index contributed by atoms with van der Waals surface area (Å²) in [4.78, 5) is 15.2. The molecule has 27 heavy (non-hydrogen) atoms. The highest BCUT2D eigenvalue weighted by atomic mass is 32.2. The van der Waals surface area contributed by atoms with Gasteiger partial charge in [-0.25, -0.2) is 12.8 Å². The number of hydrogen-bond donors (Lipinski definition) is 1. The summed E-state index contributed by atoms with van der Waals surface area (Å²) in [6.45, 7) is 3.99. The number of halogens is 1. The van der Waals surface area contributed by atoms with Crippen molar-refractivity contribution in [3.05, 3.63) is 76.3 Å². The lowest BCUT2D eigenvalue weighted by molar-refractivity contribution is 0.361. The minimum atomic E-state index is -3.87. The fourth-order valence-corrected chi connectivity index (χ4v) is 4.49. The Hall–Kier alpha value is -2.51. The van der Waals surface area contributed by atoms with Crippen LogP contribution in [0.3, 0.4) is 0 Å². The van der Waals surface area contributed by atoms with Crippen LogP contribution in [0.15, 0.2) is 64.3 Å². The Morgan fingerprint density at radius 3 is 2.41 bits per heavy atom. The molecule has 0 saturated heterocycles. The molecule has 0 radical (unpaired) electrons. The van der Waals surface area contributed by atoms with Crippen molar-refractivity contribution in [1.82, 2.24) is 9.29 Å². The molecule has 0 saturated carbocycles. The lowest BCUT2D eigenvalue weighted by Crippen LogP contribution is -2.35. The van der Waals surface area contributed by atoms with Gasteiger partial charge in [-0.15, -0.1) is 0 Å². The fraction of sp³-hybridized carbons (Fsp3) is 0.250. The summed E-state index contributed by atoms with van der Waals surface area (Å²) in [5, 5.41) is 0.829. The second kappa shape index (κ2) is 7.62. The Labute approximate surface area is 157 Å². The number of hydrogen-bond acceptors (Lipinski definition) is 3. The van der Waals surface area contributed by atoms with Gasteiger partial charge in [-0.1, -0.05) is 32.0 Å². The molecule has 0 aliphatic rings. The van der Waals surface area contributed by atoms with Crippen LogP contribution in [0, 0.1) is 11.7 Å². The molecule has 0 unspecified atom stereocenters. The van der Waals surface area contributed by atoms with Crippen molar-refractivity contribution < 1.29 is 12.8 Å². The summed E-state index contributed by atoms with van der Waals surface area (Å²) in [6, 6.07) is 13.7. The SMILES string of the molecule is CC(C)CN(Cc1cc2ccccc2[nH]c1=O)S(=O)(=O)c1ccc(F)cc1. The zero-order valence-corrected chi connectivity index (χ0v) is 16.0. The van der Waals surface area contributed by atoms with Gasteiger partial charge in [0.15, 0.2) is 0 Å². The predicted molar refractivity (Wildman–Crippen MR) is 103 cm³/mol. The molecule has 3 aromatic rings. The van der Waals surface area contributed by atoms with Crippen LogP contribution in [0.2, 0.25) is 0 Å². The van der Waals surface area contributed by atoms with Crippen LogP contribution in [0.25, 0.3) is 10.9 Å². The average molecular weight is 388 g/mol. The van der Waals surface area contributed by atoms with Crippen molar-refractivity contribution in [2.45, 2.75) is 25.3 Å². The third-order valence-electron chi connectivity index (χ3n) is 4.20. The summed E-state index contributed by atoms with van der Waals surface area (Å²) < 4.78 is 40.5. The molecule has 7 heteroatoms. The number of nitrogens with zero attached hydrogens (tertiary/aromatic N) is 1. The monoisotopic (exact) mass is 388 g/mol. The van der Waals surface area contributed by atoms with Crippen LogP contribution in [0.4, 0.5) is 4.39 Å². The van der Waals surface area contributed by atoms with E-state index >= 15 is 0 Å². The van der Waals surface area contributed by atoms with Crippen LogP contribution < -0.4 is 5.56 Å². The summed E-state index contributed by atoms with van der Waals surface area (Å²) in [7, 11) is -3.87. The number of fused-ring (bicyclic) bond motifs is 1. The van der Waals surface area contributed by atoms with E-state index in [9.17, 15) is 17.6 Å². The van der Waals surface area contributed by atoms with Crippen LogP contribution >= 0.6 is 0 Å². The molecule has 2 aromatic carbocycles. The van der Waals surface area contributed by atoms with E-state index in [1.807, 2.05) is 32.0 Å². The van der Waals surface area contributed by atoms with Crippen molar-refractivity contribution in [3.8, 4) is 0 Å². The lowest BCUT2D eigenvalue weighted by Gasteiger charge is -2.24. The zero-order chi connectivity index (χ0) is 19.6. The first-order chi connectivity index (χ1) is 12.8. The average Bonchev–Trinajstić information content (AvgIpc) is 2.61. The molecule has 0 atom stereocenters. The number of aromatic amines is 1. The maximum absolute atomic E-state index is 13.2. The minimum absolute atomic E-state index is 0.00164. The first kappa shape index (κ1) is 19.3. The molecule has 1 aromatic heterocycles. The van der Waals surface area contributed by atoms with Gasteiger partial charge < -0.3 is 4.98 Å². The lowest BCUT2D eigenvalue weighted by atomic mass is 10.1. The Bertz CT molecular complexity index is 1110. The second-order valence-corrected chi connectivity index (χ2v) is 8.79. The van der Waals surface area contributed by atoms with E-state index < -0.39 is 15.8 Å². The number of pyridine rings is 1. The van der Waals surface area contributed by atoms with Crippen LogP contribution in [0.1, 0.15) is 19.4 Å². The Kier molecular flexibility index (Phi) is 5.43. The highest BCUT2D eigenvalue weighted by molar-refractivity contribution is 7.89. The summed E-state index contributed by atoms with van der Waals surface area (Å²) in [5.74, 6) is -0.449. The number of para-hydroxylation sites is 1. The molecule has 0 bridgehead atoms. The first-order valence-corrected chi connectivity index (χ1v) is 10.1. The number of rotatable bonds is 6. The highest BCUT2D eigenvalue weighted by Crippen LogP contribution is 2.20. The molecule has 0 amide bonds. The standard InChI is InChI=1S/C20H21FN2O3S/c1-14(2)12-23(27(25,26)18-9-7-17(21)8-10-18)13-16-11-15-5-3-4-6-19(15)22-20(16)24/h3-11,14H,12-13H2,1-2H3,(H,22,24). The molecule has 0 spiro atoms. The fourth-order valence-electron chi connectivity index (χ4n) is 2.91. The first-order valence-electron chi connectivity index (χ1n) is 8.64. The van der Waals surface area contributed by atoms with E-state index in [0.717, 1.165) is 17.5 Å². The second-order valence-electron chi connectivity index (χ2n) is 6.86. The Balaban J connectivity index is 2.02. The van der Waals surface area contributed by atoms with Crippen LogP contribution in [0.5, 0.6) is 0 Å². The molecular formula is C20H21FN2O3S. The number of benzene rings is 2. The van der Waals surface area contributed by atoms with Gasteiger partial charge in [0.2, 0.25) is 10.0 Å². The van der Waals surface area contributed by atoms with Crippen LogP contribution in [-0.4, -0.2) is 24.3 Å². The summed E-state index contributed by atoms with van der Waals surface area (Å²) >= 11 is 0. The maximum atomic E-state index is 13.2. The molecule has 0 fully saturated rings. The predicted octanol–water partition coefficient (Wildman–Crippen LogP) is 3.51. The summed E-state index contributed by atoms with van der Waals surface area (Å²) in [6.07, 6.45) is 0. The molecule has 0 aliphatic heterocycles. The Morgan fingerprint density at radius 1 is 1.07 bits per heavy atom. The van der Waals surface area contributed by atoms with Crippen molar-refractivity contribution in [2.75, 3.05) is 6.54 Å². The molecule has 1 heterocycles. The third kappa shape index (κ3) is 4.26. The van der Waals surface area contributed by atoms with E-state index in [2.05, 4.69) is 4.98 Å². The molecule has 1 N–H and O–H groups in total. The number of nitrogens with one attached hydrogen (secondary N) is 1. The molecule has 0 aliphatic carbocycles. The van der Waals surface area contributed by atoms with Crippen molar-refractivity contribution in [1.29, 1.82) is 0 Å². The zero-order valence-electron chi connectivity index (χ0n) is 15.1. The number of H-pyrrole nitrogens is 1. The third-order valence-corrected chi connectivity index (χ3v) is 6.02. The van der Waals surface area contributed by atoms with Gasteiger partial charge in [-0.2, -0.15) is 4.31 Å². The van der Waals surface area contributed by atoms with Gasteiger partial charge in [0.05, 0.1) is 4.90 Å². The van der Waals surface area contributed by atoms with Gasteiger partial charge in [0, 0.05) is 24.2 Å². The minimum Gasteiger partial charge on any atom is -0.322 e. The molecule has 142 valence electrons. The van der Waals surface area contributed by atoms with Gasteiger partial charge >= 0.3 is 0 Å². The summed E-state index contributed by atoms with van der Waals surface area (Å²) in [5.41, 5.74) is 0.736. The largest absolute Gasteiger partial charge is 0.322 e. The van der Waals surface area contributed by atoms with E-state index in [1.165, 1.54) is 16.4 Å². The number of aromatic nitrogens is 1. The van der Waals surface area contributed by atoms with Gasteiger partial charge in [-0.3, -0.25) is 4.79 Å². The molecule has 3 rings (SSSR count). The number of sulfonamides is 1. The van der Waals surface area contributed by atoms with E-state index in [0.29, 0.717) is 11.1 Å². The van der Waals surface area contributed by atoms with Crippen molar-refractivity contribution >= 4 is 20.9 Å². The van der Waals surface area contributed by atoms with Crippen molar-refractivity contribution in [3.63, 3.8) is 0 Å².